The predicted octanol–water partition coefficient (Wildman–Crippen LogP) is 7.85. The Labute approximate surface area is 264 Å². The minimum absolute atomic E-state index is 0.0465. The number of carbonyl (C=O) groups excluding carboxylic acids is 3. The number of benzene rings is 5. The summed E-state index contributed by atoms with van der Waals surface area (Å²) in [6, 6.07) is 37.8. The van der Waals surface area contributed by atoms with Crippen molar-refractivity contribution in [2.75, 3.05) is 16.4 Å². The third-order valence-corrected chi connectivity index (χ3v) is 8.24. The van der Waals surface area contributed by atoms with Crippen molar-refractivity contribution in [3.8, 4) is 0 Å². The normalized spacial score (nSPS) is 11.3. The minimum Gasteiger partial charge on any atom is -0.361 e. The quantitative estimate of drug-likeness (QED) is 0.0937. The lowest BCUT2D eigenvalue weighted by Gasteiger charge is -2.12. The van der Waals surface area contributed by atoms with Crippen molar-refractivity contribution < 1.29 is 14.4 Å². The first-order chi connectivity index (χ1) is 22.0. The maximum absolute atomic E-state index is 13.5. The maximum atomic E-state index is 13.5. The third-order valence-electron chi connectivity index (χ3n) is 7.22. The molecule has 0 aliphatic heterocycles. The maximum Gasteiger partial charge on any atom is 0.272 e. The van der Waals surface area contributed by atoms with E-state index in [0.29, 0.717) is 23.4 Å². The summed E-state index contributed by atoms with van der Waals surface area (Å²) in [5.41, 5.74) is 3.65. The monoisotopic (exact) mass is 610 g/mol. The fraction of sp³-hybridized carbons (Fsp3) is 0.0541. The van der Waals surface area contributed by atoms with Gasteiger partial charge < -0.3 is 20.9 Å². The smallest absolute Gasteiger partial charge is 0.272 e. The topological polar surface area (TPSA) is 103 Å². The Morgan fingerprint density at radius 1 is 0.711 bits per heavy atom. The zero-order valence-electron chi connectivity index (χ0n) is 24.2. The number of anilines is 2. The van der Waals surface area contributed by atoms with Gasteiger partial charge in [0, 0.05) is 62.1 Å². The highest BCUT2D eigenvalue weighted by molar-refractivity contribution is 7.99. The molecule has 45 heavy (non-hydrogen) atoms. The van der Waals surface area contributed by atoms with E-state index < -0.39 is 5.91 Å². The van der Waals surface area contributed by atoms with Crippen LogP contribution in [-0.4, -0.2) is 28.5 Å². The fourth-order valence-corrected chi connectivity index (χ4v) is 5.80. The lowest BCUT2D eigenvalue weighted by atomic mass is 10.1. The molecule has 6 rings (SSSR count). The lowest BCUT2D eigenvalue weighted by Crippen LogP contribution is -2.30. The fourth-order valence-electron chi connectivity index (χ4n) is 4.95. The molecule has 222 valence electrons. The van der Waals surface area contributed by atoms with Crippen molar-refractivity contribution in [3.63, 3.8) is 0 Å². The Morgan fingerprint density at radius 3 is 2.24 bits per heavy atom. The standard InChI is InChI=1S/C37H30N4O3S/c42-35(40-33-16-8-12-25-9-4-5-13-30(25)33)21-22-45-29-19-17-28(18-20-29)39-37(44)34(41-36(43)26-10-2-1-3-11-26)23-27-24-38-32-15-7-6-14-31(27)32/h1-20,23-24,38H,21-22H2,(H,39,44)(H,40,42)(H,41,43)/b34-23+. The van der Waals surface area contributed by atoms with Crippen molar-refractivity contribution in [3.05, 3.63) is 144 Å². The number of nitrogens with one attached hydrogen (secondary N) is 4. The summed E-state index contributed by atoms with van der Waals surface area (Å²) in [6.45, 7) is 0. The number of carbonyl (C=O) groups is 3. The zero-order valence-corrected chi connectivity index (χ0v) is 25.1. The molecule has 0 fully saturated rings. The molecule has 1 aromatic heterocycles. The van der Waals surface area contributed by atoms with Crippen LogP contribution in [-0.2, 0) is 9.59 Å². The summed E-state index contributed by atoms with van der Waals surface area (Å²) in [7, 11) is 0. The zero-order chi connectivity index (χ0) is 31.0. The van der Waals surface area contributed by atoms with Gasteiger partial charge in [-0.2, -0.15) is 0 Å². The van der Waals surface area contributed by atoms with E-state index in [1.54, 1.807) is 60.4 Å². The van der Waals surface area contributed by atoms with Crippen LogP contribution in [0.15, 0.2) is 138 Å². The van der Waals surface area contributed by atoms with E-state index in [-0.39, 0.29) is 17.5 Å². The van der Waals surface area contributed by atoms with Crippen LogP contribution < -0.4 is 16.0 Å². The van der Waals surface area contributed by atoms with Crippen molar-refractivity contribution >= 4 is 68.6 Å². The van der Waals surface area contributed by atoms with E-state index in [9.17, 15) is 14.4 Å². The lowest BCUT2D eigenvalue weighted by molar-refractivity contribution is -0.116. The molecule has 0 atom stereocenters. The van der Waals surface area contributed by atoms with E-state index in [2.05, 4.69) is 20.9 Å². The molecular weight excluding hydrogens is 580 g/mol. The van der Waals surface area contributed by atoms with Gasteiger partial charge in [-0.15, -0.1) is 11.8 Å². The van der Waals surface area contributed by atoms with Gasteiger partial charge in [-0.3, -0.25) is 14.4 Å². The molecule has 0 saturated carbocycles. The molecule has 0 aliphatic carbocycles. The van der Waals surface area contributed by atoms with E-state index >= 15 is 0 Å². The van der Waals surface area contributed by atoms with Crippen LogP contribution >= 0.6 is 11.8 Å². The number of aromatic amines is 1. The van der Waals surface area contributed by atoms with Gasteiger partial charge in [0.2, 0.25) is 5.91 Å². The molecule has 7 nitrogen and oxygen atoms in total. The van der Waals surface area contributed by atoms with Gasteiger partial charge in [0.25, 0.3) is 11.8 Å². The van der Waals surface area contributed by atoms with Gasteiger partial charge in [-0.1, -0.05) is 72.8 Å². The largest absolute Gasteiger partial charge is 0.361 e. The highest BCUT2D eigenvalue weighted by Crippen LogP contribution is 2.25. The first kappa shape index (κ1) is 29.5. The third kappa shape index (κ3) is 7.31. The Hall–Kier alpha value is -5.60. The molecule has 0 radical (unpaired) electrons. The number of hydrogen-bond donors (Lipinski definition) is 4. The molecule has 0 bridgehead atoms. The van der Waals surface area contributed by atoms with Crippen molar-refractivity contribution in [1.29, 1.82) is 0 Å². The summed E-state index contributed by atoms with van der Waals surface area (Å²) < 4.78 is 0. The first-order valence-electron chi connectivity index (χ1n) is 14.5. The van der Waals surface area contributed by atoms with Gasteiger partial charge in [0.1, 0.15) is 5.70 Å². The van der Waals surface area contributed by atoms with E-state index in [1.807, 2.05) is 84.9 Å². The molecule has 0 aliphatic rings. The number of rotatable bonds is 10. The minimum atomic E-state index is -0.449. The number of aromatic nitrogens is 1. The molecule has 5 aromatic carbocycles. The first-order valence-corrected chi connectivity index (χ1v) is 15.5. The SMILES string of the molecule is O=C(CCSc1ccc(NC(=O)/C(=C\c2c[nH]c3ccccc23)NC(=O)c2ccccc2)cc1)Nc1cccc2ccccc12. The van der Waals surface area contributed by atoms with Crippen LogP contribution in [0.2, 0.25) is 0 Å². The Balaban J connectivity index is 1.09. The second-order valence-corrected chi connectivity index (χ2v) is 11.5. The van der Waals surface area contributed by atoms with Gasteiger partial charge >= 0.3 is 0 Å². The average Bonchev–Trinajstić information content (AvgIpc) is 3.48. The second kappa shape index (κ2) is 13.8. The Morgan fingerprint density at radius 2 is 1.42 bits per heavy atom. The number of thioether (sulfide) groups is 1. The van der Waals surface area contributed by atoms with Crippen LogP contribution in [0.5, 0.6) is 0 Å². The number of fused-ring (bicyclic) bond motifs is 2. The molecule has 0 unspecified atom stereocenters. The van der Waals surface area contributed by atoms with Crippen LogP contribution in [0, 0.1) is 0 Å². The van der Waals surface area contributed by atoms with Gasteiger partial charge in [0.15, 0.2) is 0 Å². The number of H-pyrrole nitrogens is 1. The molecule has 0 saturated heterocycles. The summed E-state index contributed by atoms with van der Waals surface area (Å²) >= 11 is 1.56. The average molecular weight is 611 g/mol. The summed E-state index contributed by atoms with van der Waals surface area (Å²) in [6.07, 6.45) is 3.83. The van der Waals surface area contributed by atoms with Crippen LogP contribution in [0.25, 0.3) is 27.8 Å². The van der Waals surface area contributed by atoms with Crippen LogP contribution in [0.3, 0.4) is 0 Å². The second-order valence-electron chi connectivity index (χ2n) is 10.3. The van der Waals surface area contributed by atoms with Gasteiger partial charge in [-0.05, 0) is 60.0 Å². The Bertz CT molecular complexity index is 2010. The molecule has 4 N–H and O–H groups in total. The highest BCUT2D eigenvalue weighted by Gasteiger charge is 2.16. The number of amides is 3. The van der Waals surface area contributed by atoms with Gasteiger partial charge in [0.05, 0.1) is 0 Å². The highest BCUT2D eigenvalue weighted by atomic mass is 32.2. The van der Waals surface area contributed by atoms with Crippen LogP contribution in [0.1, 0.15) is 22.3 Å². The molecule has 3 amide bonds. The summed E-state index contributed by atoms with van der Waals surface area (Å²) in [4.78, 5) is 43.2. The molecular formula is C37H30N4O3S. The number of hydrogen-bond acceptors (Lipinski definition) is 4. The van der Waals surface area contributed by atoms with Crippen molar-refractivity contribution in [2.45, 2.75) is 11.3 Å². The van der Waals surface area contributed by atoms with Gasteiger partial charge in [-0.25, -0.2) is 0 Å². The molecule has 8 heteroatoms. The molecule has 0 spiro atoms. The molecule has 1 heterocycles. The van der Waals surface area contributed by atoms with Crippen LogP contribution in [0.4, 0.5) is 11.4 Å². The van der Waals surface area contributed by atoms with Crippen molar-refractivity contribution in [1.82, 2.24) is 10.3 Å². The predicted molar refractivity (Wildman–Crippen MR) is 183 cm³/mol. The number of para-hydroxylation sites is 1. The molecule has 6 aromatic rings. The van der Waals surface area contributed by atoms with E-state index in [0.717, 1.165) is 37.8 Å². The summed E-state index contributed by atoms with van der Waals surface area (Å²) in [5, 5.41) is 11.7. The summed E-state index contributed by atoms with van der Waals surface area (Å²) in [5.74, 6) is -0.274. The van der Waals surface area contributed by atoms with Crippen molar-refractivity contribution in [2.24, 2.45) is 0 Å². The van der Waals surface area contributed by atoms with E-state index in [1.165, 1.54) is 0 Å². The Kier molecular flexibility index (Phi) is 9.03. The van der Waals surface area contributed by atoms with E-state index in [4.69, 9.17) is 0 Å².